The van der Waals surface area contributed by atoms with Crippen molar-refractivity contribution >= 4 is 23.1 Å². The van der Waals surface area contributed by atoms with Gasteiger partial charge in [-0.05, 0) is 37.1 Å². The Balaban J connectivity index is 1.34. The highest BCUT2D eigenvalue weighted by Gasteiger charge is 2.30. The molecule has 5 rings (SSSR count). The van der Waals surface area contributed by atoms with Crippen molar-refractivity contribution in [2.75, 3.05) is 7.11 Å². The summed E-state index contributed by atoms with van der Waals surface area (Å²) in [6, 6.07) is 11.9. The number of ether oxygens (including phenoxy) is 1. The van der Waals surface area contributed by atoms with Crippen molar-refractivity contribution in [2.45, 2.75) is 36.2 Å². The lowest BCUT2D eigenvalue weighted by Crippen LogP contribution is -2.05. The fourth-order valence-corrected chi connectivity index (χ4v) is 5.01. The maximum atomic E-state index is 5.55. The molecule has 4 aromatic rings. The Kier molecular flexibility index (Phi) is 5.12. The lowest BCUT2D eigenvalue weighted by atomic mass is 10.2. The minimum absolute atomic E-state index is 0.531. The normalized spacial score (nSPS) is 13.7. The highest BCUT2D eigenvalue weighted by atomic mass is 32.2. The molecular formula is C21H20N4O2S2. The molecule has 148 valence electrons. The quantitative estimate of drug-likeness (QED) is 0.361. The molecule has 1 aliphatic rings. The first kappa shape index (κ1) is 18.4. The summed E-state index contributed by atoms with van der Waals surface area (Å²) < 4.78 is 13.2. The van der Waals surface area contributed by atoms with E-state index in [0.717, 1.165) is 44.5 Å². The van der Waals surface area contributed by atoms with Crippen LogP contribution in [0.25, 0.3) is 10.6 Å². The zero-order chi connectivity index (χ0) is 19.6. The van der Waals surface area contributed by atoms with Crippen LogP contribution < -0.4 is 4.74 Å². The largest absolute Gasteiger partial charge is 0.496 e. The number of para-hydroxylation sites is 1. The zero-order valence-corrected chi connectivity index (χ0v) is 17.6. The predicted molar refractivity (Wildman–Crippen MR) is 113 cm³/mol. The van der Waals surface area contributed by atoms with Gasteiger partial charge in [-0.15, -0.1) is 21.5 Å². The number of hydrogen-bond acceptors (Lipinski definition) is 7. The van der Waals surface area contributed by atoms with Crippen LogP contribution in [0.2, 0.25) is 0 Å². The van der Waals surface area contributed by atoms with Crippen molar-refractivity contribution in [2.24, 2.45) is 0 Å². The number of aromatic nitrogens is 4. The number of nitrogens with zero attached hydrogens (tertiary/aromatic N) is 4. The van der Waals surface area contributed by atoms with E-state index in [-0.39, 0.29) is 0 Å². The van der Waals surface area contributed by atoms with Crippen LogP contribution >= 0.6 is 23.1 Å². The Hall–Kier alpha value is -2.58. The van der Waals surface area contributed by atoms with E-state index in [1.165, 1.54) is 12.8 Å². The third-order valence-electron chi connectivity index (χ3n) is 4.82. The van der Waals surface area contributed by atoms with Crippen LogP contribution in [0, 0.1) is 0 Å². The summed E-state index contributed by atoms with van der Waals surface area (Å²) in [5.41, 5.74) is 2.05. The maximum absolute atomic E-state index is 5.55. The van der Waals surface area contributed by atoms with E-state index in [1.807, 2.05) is 36.4 Å². The molecule has 0 saturated heterocycles. The molecule has 0 atom stereocenters. The van der Waals surface area contributed by atoms with Crippen molar-refractivity contribution in [3.63, 3.8) is 0 Å². The molecule has 1 fully saturated rings. The SMILES string of the molecule is COc1ccccc1-c1nc(CSc2nnc(C3CC3)n2Cc2ccco2)cs1. The van der Waals surface area contributed by atoms with E-state index < -0.39 is 0 Å². The van der Waals surface area contributed by atoms with Crippen molar-refractivity contribution in [1.82, 2.24) is 19.7 Å². The second kappa shape index (κ2) is 8.04. The van der Waals surface area contributed by atoms with Gasteiger partial charge in [-0.2, -0.15) is 0 Å². The molecular weight excluding hydrogens is 404 g/mol. The van der Waals surface area contributed by atoms with Gasteiger partial charge in [0.2, 0.25) is 0 Å². The van der Waals surface area contributed by atoms with Crippen LogP contribution in [0.4, 0.5) is 0 Å². The third kappa shape index (κ3) is 3.95. The second-order valence-corrected chi connectivity index (χ2v) is 8.71. The number of thioether (sulfide) groups is 1. The lowest BCUT2D eigenvalue weighted by Gasteiger charge is -2.07. The molecule has 0 unspecified atom stereocenters. The number of benzene rings is 1. The number of furan rings is 1. The van der Waals surface area contributed by atoms with Crippen molar-refractivity contribution in [3.8, 4) is 16.3 Å². The average molecular weight is 425 g/mol. The van der Waals surface area contributed by atoms with Crippen LogP contribution in [-0.2, 0) is 12.3 Å². The zero-order valence-electron chi connectivity index (χ0n) is 15.9. The summed E-state index contributed by atoms with van der Waals surface area (Å²) in [4.78, 5) is 4.81. The summed E-state index contributed by atoms with van der Waals surface area (Å²) in [5.74, 6) is 4.10. The molecule has 1 aromatic carbocycles. The van der Waals surface area contributed by atoms with Gasteiger partial charge < -0.3 is 9.15 Å². The van der Waals surface area contributed by atoms with Gasteiger partial charge in [-0.25, -0.2) is 4.98 Å². The van der Waals surface area contributed by atoms with Gasteiger partial charge >= 0.3 is 0 Å². The first-order chi connectivity index (χ1) is 14.3. The summed E-state index contributed by atoms with van der Waals surface area (Å²) in [6.07, 6.45) is 4.09. The predicted octanol–water partition coefficient (Wildman–Crippen LogP) is 5.22. The van der Waals surface area contributed by atoms with Gasteiger partial charge in [-0.3, -0.25) is 4.57 Å². The van der Waals surface area contributed by atoms with Crippen LogP contribution in [0.1, 0.15) is 36.0 Å². The topological polar surface area (TPSA) is 66.0 Å². The van der Waals surface area contributed by atoms with Crippen LogP contribution in [0.3, 0.4) is 0 Å². The maximum Gasteiger partial charge on any atom is 0.192 e. The fraction of sp³-hybridized carbons (Fsp3) is 0.286. The lowest BCUT2D eigenvalue weighted by molar-refractivity contribution is 0.416. The van der Waals surface area contributed by atoms with Gasteiger partial charge in [0, 0.05) is 17.1 Å². The van der Waals surface area contributed by atoms with Gasteiger partial charge in [0.25, 0.3) is 0 Å². The third-order valence-corrected chi connectivity index (χ3v) is 6.75. The molecule has 1 aliphatic carbocycles. The molecule has 3 aromatic heterocycles. The summed E-state index contributed by atoms with van der Waals surface area (Å²) in [7, 11) is 1.69. The first-order valence-corrected chi connectivity index (χ1v) is 11.3. The molecule has 0 spiro atoms. The standard InChI is InChI=1S/C21H20N4O2S2/c1-26-18-7-3-2-6-17(18)20-22-15(12-28-20)13-29-21-24-23-19(14-8-9-14)25(21)11-16-5-4-10-27-16/h2-7,10,12,14H,8-9,11,13H2,1H3. The van der Waals surface area contributed by atoms with Crippen LogP contribution in [-0.4, -0.2) is 26.9 Å². The summed E-state index contributed by atoms with van der Waals surface area (Å²) >= 11 is 3.30. The highest BCUT2D eigenvalue weighted by molar-refractivity contribution is 7.98. The van der Waals surface area contributed by atoms with Crippen LogP contribution in [0.15, 0.2) is 57.6 Å². The molecule has 0 N–H and O–H groups in total. The van der Waals surface area contributed by atoms with Crippen molar-refractivity contribution < 1.29 is 9.15 Å². The second-order valence-electron chi connectivity index (χ2n) is 6.91. The highest BCUT2D eigenvalue weighted by Crippen LogP contribution is 2.40. The van der Waals surface area contributed by atoms with Gasteiger partial charge in [-0.1, -0.05) is 23.9 Å². The Morgan fingerprint density at radius 2 is 2.10 bits per heavy atom. The van der Waals surface area contributed by atoms with Gasteiger partial charge in [0.05, 0.1) is 31.2 Å². The van der Waals surface area contributed by atoms with E-state index in [4.69, 9.17) is 14.1 Å². The van der Waals surface area contributed by atoms with E-state index in [0.29, 0.717) is 12.5 Å². The monoisotopic (exact) mass is 424 g/mol. The van der Waals surface area contributed by atoms with Crippen molar-refractivity contribution in [1.29, 1.82) is 0 Å². The molecule has 0 aliphatic heterocycles. The molecule has 1 saturated carbocycles. The smallest absolute Gasteiger partial charge is 0.192 e. The Labute approximate surface area is 177 Å². The summed E-state index contributed by atoms with van der Waals surface area (Å²) in [6.45, 7) is 0.664. The minimum Gasteiger partial charge on any atom is -0.496 e. The molecule has 6 nitrogen and oxygen atoms in total. The van der Waals surface area contributed by atoms with Crippen molar-refractivity contribution in [3.05, 3.63) is 65.3 Å². The van der Waals surface area contributed by atoms with E-state index in [9.17, 15) is 0 Å². The van der Waals surface area contributed by atoms with E-state index in [1.54, 1.807) is 36.5 Å². The number of thiazole rings is 1. The Morgan fingerprint density at radius 3 is 2.90 bits per heavy atom. The molecule has 0 bridgehead atoms. The first-order valence-electron chi connectivity index (χ1n) is 9.48. The van der Waals surface area contributed by atoms with E-state index >= 15 is 0 Å². The summed E-state index contributed by atoms with van der Waals surface area (Å²) in [5, 5.41) is 12.9. The molecule has 29 heavy (non-hydrogen) atoms. The molecule has 3 heterocycles. The Bertz CT molecular complexity index is 1100. The minimum atomic E-state index is 0.531. The van der Waals surface area contributed by atoms with E-state index in [2.05, 4.69) is 20.1 Å². The number of rotatable bonds is 8. The average Bonchev–Trinajstić information content (AvgIpc) is 3.14. The van der Waals surface area contributed by atoms with Gasteiger partial charge in [0.1, 0.15) is 22.3 Å². The number of methoxy groups -OCH3 is 1. The Morgan fingerprint density at radius 1 is 1.21 bits per heavy atom. The van der Waals surface area contributed by atoms with Crippen LogP contribution in [0.5, 0.6) is 5.75 Å². The number of hydrogen-bond donors (Lipinski definition) is 0. The molecule has 0 radical (unpaired) electrons. The van der Waals surface area contributed by atoms with Gasteiger partial charge in [0.15, 0.2) is 5.16 Å². The fourth-order valence-electron chi connectivity index (χ4n) is 3.21. The molecule has 8 heteroatoms. The molecule has 0 amide bonds.